The Labute approximate surface area is 175 Å². The zero-order valence-corrected chi connectivity index (χ0v) is 17.8. The molecule has 1 saturated heterocycles. The minimum Gasteiger partial charge on any atom is -0.369 e. The molecule has 1 atom stereocenters. The minimum absolute atomic E-state index is 0.0320. The predicted octanol–water partition coefficient (Wildman–Crippen LogP) is 3.43. The van der Waals surface area contributed by atoms with Crippen LogP contribution in [0.2, 0.25) is 0 Å². The monoisotopic (exact) mass is 410 g/mol. The fourth-order valence-corrected chi connectivity index (χ4v) is 4.52. The van der Waals surface area contributed by atoms with Crippen LogP contribution in [0.15, 0.2) is 41.3 Å². The number of thioether (sulfide) groups is 1. The molecule has 0 radical (unpaired) electrons. The Morgan fingerprint density at radius 1 is 1.14 bits per heavy atom. The predicted molar refractivity (Wildman–Crippen MR) is 119 cm³/mol. The molecule has 0 aromatic heterocycles. The van der Waals surface area contributed by atoms with Crippen LogP contribution in [-0.4, -0.2) is 55.2 Å². The van der Waals surface area contributed by atoms with Crippen LogP contribution >= 0.6 is 11.8 Å². The van der Waals surface area contributed by atoms with Crippen molar-refractivity contribution in [3.05, 3.63) is 47.5 Å². The van der Waals surface area contributed by atoms with Crippen molar-refractivity contribution >= 4 is 40.6 Å². The molecule has 2 amide bonds. The number of benzene rings is 2. The highest BCUT2D eigenvalue weighted by Crippen LogP contribution is 2.36. The molecule has 2 aliphatic rings. The molecule has 2 heterocycles. The van der Waals surface area contributed by atoms with Gasteiger partial charge < -0.3 is 20.4 Å². The maximum absolute atomic E-state index is 12.8. The molecule has 152 valence electrons. The molecule has 1 fully saturated rings. The van der Waals surface area contributed by atoms with E-state index in [0.717, 1.165) is 42.3 Å². The Hall–Kier alpha value is -2.51. The van der Waals surface area contributed by atoms with Crippen molar-refractivity contribution in [2.75, 3.05) is 48.8 Å². The standard InChI is InChI=1S/C22H26N4O2S/c1-14-12-17(26-10-8-25(3)9-11-26)5-6-18(14)23-22(28)16-4-7-20-19(13-16)24-21(27)15(2)29-20/h4-7,12-13,15H,8-11H2,1-3H3,(H,23,28)(H,24,27)/t15-/m1/s1. The average molecular weight is 411 g/mol. The normalized spacial score (nSPS) is 19.5. The van der Waals surface area contributed by atoms with Gasteiger partial charge in [-0.15, -0.1) is 11.8 Å². The molecule has 2 N–H and O–H groups in total. The zero-order valence-electron chi connectivity index (χ0n) is 17.0. The first-order valence-corrected chi connectivity index (χ1v) is 10.8. The SMILES string of the molecule is Cc1cc(N2CCN(C)CC2)ccc1NC(=O)c1ccc2c(c1)NC(=O)[C@@H](C)S2. The third kappa shape index (κ3) is 4.26. The van der Waals surface area contributed by atoms with Gasteiger partial charge in [-0.25, -0.2) is 0 Å². The molecule has 0 saturated carbocycles. The Bertz CT molecular complexity index is 954. The molecule has 2 aromatic carbocycles. The summed E-state index contributed by atoms with van der Waals surface area (Å²) in [7, 11) is 2.15. The van der Waals surface area contributed by atoms with E-state index < -0.39 is 0 Å². The van der Waals surface area contributed by atoms with E-state index in [0.29, 0.717) is 11.3 Å². The summed E-state index contributed by atoms with van der Waals surface area (Å²) in [4.78, 5) is 30.4. The van der Waals surface area contributed by atoms with Gasteiger partial charge in [-0.05, 0) is 62.9 Å². The number of hydrogen-bond donors (Lipinski definition) is 2. The average Bonchev–Trinajstić information content (AvgIpc) is 2.70. The lowest BCUT2D eigenvalue weighted by atomic mass is 10.1. The highest BCUT2D eigenvalue weighted by molar-refractivity contribution is 8.00. The summed E-state index contributed by atoms with van der Waals surface area (Å²) < 4.78 is 0. The van der Waals surface area contributed by atoms with Crippen molar-refractivity contribution in [1.29, 1.82) is 0 Å². The number of aryl methyl sites for hydroxylation is 1. The summed E-state index contributed by atoms with van der Waals surface area (Å²) in [6.45, 7) is 8.03. The molecule has 0 aliphatic carbocycles. The summed E-state index contributed by atoms with van der Waals surface area (Å²) in [5.41, 5.74) is 4.26. The van der Waals surface area contributed by atoms with Gasteiger partial charge in [0.2, 0.25) is 5.91 Å². The first kappa shape index (κ1) is 19.8. The molecular weight excluding hydrogens is 384 g/mol. The lowest BCUT2D eigenvalue weighted by Crippen LogP contribution is -2.44. The fraction of sp³-hybridized carbons (Fsp3) is 0.364. The number of nitrogens with zero attached hydrogens (tertiary/aromatic N) is 2. The third-order valence-corrected chi connectivity index (χ3v) is 6.68. The van der Waals surface area contributed by atoms with Gasteiger partial charge in [-0.2, -0.15) is 0 Å². The molecule has 6 nitrogen and oxygen atoms in total. The minimum atomic E-state index is -0.180. The van der Waals surface area contributed by atoms with Crippen LogP contribution in [0.25, 0.3) is 0 Å². The van der Waals surface area contributed by atoms with Crippen molar-refractivity contribution in [3.63, 3.8) is 0 Å². The van der Waals surface area contributed by atoms with Crippen LogP contribution in [0.3, 0.4) is 0 Å². The Morgan fingerprint density at radius 3 is 2.62 bits per heavy atom. The van der Waals surface area contributed by atoms with E-state index in [4.69, 9.17) is 0 Å². The van der Waals surface area contributed by atoms with E-state index in [9.17, 15) is 9.59 Å². The first-order valence-electron chi connectivity index (χ1n) is 9.88. The van der Waals surface area contributed by atoms with E-state index in [1.165, 1.54) is 17.4 Å². The maximum atomic E-state index is 12.8. The van der Waals surface area contributed by atoms with Gasteiger partial charge in [0, 0.05) is 48.0 Å². The molecule has 29 heavy (non-hydrogen) atoms. The molecule has 2 aromatic rings. The fourth-order valence-electron chi connectivity index (χ4n) is 3.59. The molecular formula is C22H26N4O2S. The second-order valence-corrected chi connectivity index (χ2v) is 9.09. The molecule has 7 heteroatoms. The van der Waals surface area contributed by atoms with Crippen molar-refractivity contribution in [2.45, 2.75) is 24.0 Å². The zero-order chi connectivity index (χ0) is 20.5. The quantitative estimate of drug-likeness (QED) is 0.812. The van der Waals surface area contributed by atoms with Gasteiger partial charge >= 0.3 is 0 Å². The number of amides is 2. The third-order valence-electron chi connectivity index (χ3n) is 5.50. The topological polar surface area (TPSA) is 64.7 Å². The van der Waals surface area contributed by atoms with Crippen LogP contribution in [-0.2, 0) is 4.79 Å². The van der Waals surface area contributed by atoms with Gasteiger partial charge in [0.15, 0.2) is 0 Å². The van der Waals surface area contributed by atoms with Crippen molar-refractivity contribution in [3.8, 4) is 0 Å². The van der Waals surface area contributed by atoms with E-state index >= 15 is 0 Å². The van der Waals surface area contributed by atoms with Crippen LogP contribution in [0, 0.1) is 6.92 Å². The smallest absolute Gasteiger partial charge is 0.255 e. The Balaban J connectivity index is 1.47. The molecule has 0 bridgehead atoms. The van der Waals surface area contributed by atoms with Crippen LogP contribution in [0.4, 0.5) is 17.1 Å². The van der Waals surface area contributed by atoms with Crippen LogP contribution < -0.4 is 15.5 Å². The number of rotatable bonds is 3. The lowest BCUT2D eigenvalue weighted by molar-refractivity contribution is -0.115. The molecule has 2 aliphatic heterocycles. The van der Waals surface area contributed by atoms with Crippen molar-refractivity contribution in [1.82, 2.24) is 4.90 Å². The number of carbonyl (C=O) groups is 2. The van der Waals surface area contributed by atoms with E-state index in [1.54, 1.807) is 12.1 Å². The van der Waals surface area contributed by atoms with Gasteiger partial charge in [-0.1, -0.05) is 0 Å². The Kier molecular flexibility index (Phi) is 5.52. The van der Waals surface area contributed by atoms with Crippen LogP contribution in [0.5, 0.6) is 0 Å². The number of anilines is 3. The Morgan fingerprint density at radius 2 is 1.90 bits per heavy atom. The van der Waals surface area contributed by atoms with Crippen molar-refractivity contribution in [2.24, 2.45) is 0 Å². The van der Waals surface area contributed by atoms with Gasteiger partial charge in [-0.3, -0.25) is 9.59 Å². The second-order valence-electron chi connectivity index (χ2n) is 7.70. The maximum Gasteiger partial charge on any atom is 0.255 e. The highest BCUT2D eigenvalue weighted by Gasteiger charge is 2.24. The van der Waals surface area contributed by atoms with E-state index in [1.807, 2.05) is 26.0 Å². The lowest BCUT2D eigenvalue weighted by Gasteiger charge is -2.34. The largest absolute Gasteiger partial charge is 0.369 e. The number of piperazine rings is 1. The summed E-state index contributed by atoms with van der Waals surface area (Å²) in [6, 6.07) is 11.6. The number of nitrogens with one attached hydrogen (secondary N) is 2. The number of carbonyl (C=O) groups excluding carboxylic acids is 2. The second kappa shape index (κ2) is 8.08. The summed E-state index contributed by atoms with van der Waals surface area (Å²) in [5.74, 6) is -0.212. The van der Waals surface area contributed by atoms with E-state index in [-0.39, 0.29) is 17.1 Å². The van der Waals surface area contributed by atoms with Gasteiger partial charge in [0.1, 0.15) is 0 Å². The van der Waals surface area contributed by atoms with Crippen LogP contribution in [0.1, 0.15) is 22.8 Å². The number of fused-ring (bicyclic) bond motifs is 1. The summed E-state index contributed by atoms with van der Waals surface area (Å²) in [6.07, 6.45) is 0. The molecule has 4 rings (SSSR count). The van der Waals surface area contributed by atoms with Gasteiger partial charge in [0.05, 0.1) is 10.9 Å². The highest BCUT2D eigenvalue weighted by atomic mass is 32.2. The summed E-state index contributed by atoms with van der Waals surface area (Å²) in [5, 5.41) is 5.76. The van der Waals surface area contributed by atoms with E-state index in [2.05, 4.69) is 39.6 Å². The molecule has 0 spiro atoms. The van der Waals surface area contributed by atoms with Crippen molar-refractivity contribution < 1.29 is 9.59 Å². The molecule has 0 unspecified atom stereocenters. The van der Waals surface area contributed by atoms with Gasteiger partial charge in [0.25, 0.3) is 5.91 Å². The summed E-state index contributed by atoms with van der Waals surface area (Å²) >= 11 is 1.51. The number of likely N-dealkylation sites (N-methyl/N-ethyl adjacent to an activating group) is 1. The number of hydrogen-bond acceptors (Lipinski definition) is 5. The first-order chi connectivity index (χ1) is 13.9.